The largest absolute Gasteiger partial charge is 0.380 e. The minimum absolute atomic E-state index is 0.117. The standard InChI is InChI=1S/C14H21NO3S/c1-3-18-10-14(15)12(11-8-6-5-7-9-11)13(14)19(16,17)4-2/h5-9,12-13H,3-4,10,15H2,1-2H3. The first-order valence-corrected chi connectivity index (χ1v) is 8.32. The third-order valence-corrected chi connectivity index (χ3v) is 6.10. The zero-order valence-corrected chi connectivity index (χ0v) is 12.2. The van der Waals surface area contributed by atoms with E-state index in [9.17, 15) is 8.42 Å². The Balaban J connectivity index is 2.31. The van der Waals surface area contributed by atoms with Crippen LogP contribution < -0.4 is 5.73 Å². The van der Waals surface area contributed by atoms with Crippen molar-refractivity contribution in [3.8, 4) is 0 Å². The zero-order valence-electron chi connectivity index (χ0n) is 11.4. The molecule has 2 rings (SSSR count). The maximum absolute atomic E-state index is 12.2. The number of sulfone groups is 1. The summed E-state index contributed by atoms with van der Waals surface area (Å²) in [6.07, 6.45) is 0. The second kappa shape index (κ2) is 5.23. The van der Waals surface area contributed by atoms with Crippen LogP contribution in [0.3, 0.4) is 0 Å². The Kier molecular flexibility index (Phi) is 3.99. The van der Waals surface area contributed by atoms with Crippen molar-refractivity contribution < 1.29 is 13.2 Å². The van der Waals surface area contributed by atoms with Crippen molar-refractivity contribution in [3.63, 3.8) is 0 Å². The average molecular weight is 283 g/mol. The summed E-state index contributed by atoms with van der Waals surface area (Å²) < 4.78 is 29.8. The molecule has 0 saturated heterocycles. The Hall–Kier alpha value is -0.910. The van der Waals surface area contributed by atoms with E-state index in [-0.39, 0.29) is 18.3 Å². The Labute approximate surface area is 114 Å². The van der Waals surface area contributed by atoms with E-state index in [1.54, 1.807) is 6.92 Å². The van der Waals surface area contributed by atoms with Crippen molar-refractivity contribution in [2.75, 3.05) is 19.0 Å². The summed E-state index contributed by atoms with van der Waals surface area (Å²) in [6.45, 7) is 4.37. The number of hydrogen-bond donors (Lipinski definition) is 1. The summed E-state index contributed by atoms with van der Waals surface area (Å²) in [5.41, 5.74) is 6.50. The fourth-order valence-electron chi connectivity index (χ4n) is 2.74. The molecule has 106 valence electrons. The van der Waals surface area contributed by atoms with Crippen LogP contribution >= 0.6 is 0 Å². The summed E-state index contributed by atoms with van der Waals surface area (Å²) in [5, 5.41) is -0.529. The SMILES string of the molecule is CCOCC1(N)C(c2ccccc2)C1S(=O)(=O)CC. The Morgan fingerprint density at radius 2 is 1.89 bits per heavy atom. The molecule has 19 heavy (non-hydrogen) atoms. The van der Waals surface area contributed by atoms with E-state index in [0.717, 1.165) is 5.56 Å². The number of nitrogens with two attached hydrogens (primary N) is 1. The lowest BCUT2D eigenvalue weighted by atomic mass is 10.1. The van der Waals surface area contributed by atoms with Gasteiger partial charge in [0.25, 0.3) is 0 Å². The van der Waals surface area contributed by atoms with Gasteiger partial charge in [0.2, 0.25) is 0 Å². The molecule has 4 nitrogen and oxygen atoms in total. The molecule has 0 amide bonds. The van der Waals surface area contributed by atoms with Crippen molar-refractivity contribution in [2.24, 2.45) is 5.73 Å². The second-order valence-corrected chi connectivity index (χ2v) is 7.42. The number of rotatable bonds is 6. The molecule has 3 unspecified atom stereocenters. The van der Waals surface area contributed by atoms with Gasteiger partial charge in [0.1, 0.15) is 0 Å². The Bertz CT molecular complexity index is 529. The smallest absolute Gasteiger partial charge is 0.155 e. The summed E-state index contributed by atoms with van der Waals surface area (Å²) in [7, 11) is -3.17. The van der Waals surface area contributed by atoms with E-state index < -0.39 is 20.6 Å². The highest BCUT2D eigenvalue weighted by Gasteiger charge is 2.68. The maximum atomic E-state index is 12.2. The molecule has 0 aromatic heterocycles. The van der Waals surface area contributed by atoms with Crippen molar-refractivity contribution in [1.29, 1.82) is 0 Å². The average Bonchev–Trinajstić information content (AvgIpc) is 3.05. The molecular weight excluding hydrogens is 262 g/mol. The summed E-state index contributed by atoms with van der Waals surface area (Å²) >= 11 is 0. The van der Waals surface area contributed by atoms with Gasteiger partial charge in [-0.2, -0.15) is 0 Å². The van der Waals surface area contributed by atoms with Crippen molar-refractivity contribution >= 4 is 9.84 Å². The van der Waals surface area contributed by atoms with E-state index in [1.807, 2.05) is 37.3 Å². The van der Waals surface area contributed by atoms with E-state index in [4.69, 9.17) is 10.5 Å². The van der Waals surface area contributed by atoms with E-state index in [2.05, 4.69) is 0 Å². The number of hydrogen-bond acceptors (Lipinski definition) is 4. The van der Waals surface area contributed by atoms with Crippen LogP contribution in [-0.2, 0) is 14.6 Å². The van der Waals surface area contributed by atoms with Gasteiger partial charge in [-0.3, -0.25) is 0 Å². The zero-order chi connectivity index (χ0) is 14.1. The molecule has 5 heteroatoms. The first-order valence-electron chi connectivity index (χ1n) is 6.60. The monoisotopic (exact) mass is 283 g/mol. The number of ether oxygens (including phenoxy) is 1. The van der Waals surface area contributed by atoms with Crippen LogP contribution in [0.2, 0.25) is 0 Å². The Morgan fingerprint density at radius 3 is 2.42 bits per heavy atom. The van der Waals surface area contributed by atoms with Gasteiger partial charge < -0.3 is 10.5 Å². The lowest BCUT2D eigenvalue weighted by Gasteiger charge is -2.11. The summed E-state index contributed by atoms with van der Waals surface area (Å²) in [4.78, 5) is 0. The summed E-state index contributed by atoms with van der Waals surface area (Å²) in [5.74, 6) is -0.0447. The minimum Gasteiger partial charge on any atom is -0.380 e. The van der Waals surface area contributed by atoms with Crippen LogP contribution in [0.4, 0.5) is 0 Å². The van der Waals surface area contributed by atoms with E-state index in [1.165, 1.54) is 0 Å². The molecule has 0 spiro atoms. The third-order valence-electron chi connectivity index (χ3n) is 3.81. The fraction of sp³-hybridized carbons (Fsp3) is 0.571. The lowest BCUT2D eigenvalue weighted by molar-refractivity contribution is 0.125. The molecule has 2 N–H and O–H groups in total. The molecule has 0 heterocycles. The van der Waals surface area contributed by atoms with Gasteiger partial charge in [0.15, 0.2) is 9.84 Å². The quantitative estimate of drug-likeness (QED) is 0.855. The molecule has 1 aromatic carbocycles. The highest BCUT2D eigenvalue weighted by molar-refractivity contribution is 7.92. The summed E-state index contributed by atoms with van der Waals surface area (Å²) in [6, 6.07) is 9.59. The van der Waals surface area contributed by atoms with Crippen LogP contribution in [0, 0.1) is 0 Å². The van der Waals surface area contributed by atoms with Gasteiger partial charge >= 0.3 is 0 Å². The van der Waals surface area contributed by atoms with Gasteiger partial charge in [0, 0.05) is 18.3 Å². The third kappa shape index (κ3) is 2.55. The van der Waals surface area contributed by atoms with Crippen molar-refractivity contribution in [3.05, 3.63) is 35.9 Å². The first kappa shape index (κ1) is 14.5. The molecule has 1 aliphatic carbocycles. The van der Waals surface area contributed by atoms with Gasteiger partial charge in [-0.05, 0) is 12.5 Å². The molecule has 0 radical (unpaired) electrons. The normalized spacial score (nSPS) is 30.3. The molecule has 1 fully saturated rings. The first-order chi connectivity index (χ1) is 8.97. The predicted molar refractivity (Wildman–Crippen MR) is 75.8 cm³/mol. The highest BCUT2D eigenvalue weighted by Crippen LogP contribution is 2.54. The topological polar surface area (TPSA) is 69.4 Å². The van der Waals surface area contributed by atoms with Gasteiger partial charge in [-0.25, -0.2) is 8.42 Å². The van der Waals surface area contributed by atoms with E-state index >= 15 is 0 Å². The molecule has 0 bridgehead atoms. The van der Waals surface area contributed by atoms with Crippen LogP contribution in [-0.4, -0.2) is 38.2 Å². The van der Waals surface area contributed by atoms with E-state index in [0.29, 0.717) is 6.61 Å². The van der Waals surface area contributed by atoms with Crippen molar-refractivity contribution in [2.45, 2.75) is 30.6 Å². The molecule has 0 aliphatic heterocycles. The van der Waals surface area contributed by atoms with Gasteiger partial charge in [0.05, 0.1) is 17.4 Å². The van der Waals surface area contributed by atoms with Crippen LogP contribution in [0.25, 0.3) is 0 Å². The molecule has 1 aromatic rings. The van der Waals surface area contributed by atoms with Crippen LogP contribution in [0.15, 0.2) is 30.3 Å². The lowest BCUT2D eigenvalue weighted by Crippen LogP contribution is -2.36. The van der Waals surface area contributed by atoms with Crippen LogP contribution in [0.1, 0.15) is 25.3 Å². The van der Waals surface area contributed by atoms with Crippen molar-refractivity contribution in [1.82, 2.24) is 0 Å². The van der Waals surface area contributed by atoms with Gasteiger partial charge in [-0.1, -0.05) is 37.3 Å². The highest BCUT2D eigenvalue weighted by atomic mass is 32.2. The molecule has 1 saturated carbocycles. The second-order valence-electron chi connectivity index (χ2n) is 5.01. The minimum atomic E-state index is -3.17. The number of benzene rings is 1. The molecular formula is C14H21NO3S. The predicted octanol–water partition coefficient (Wildman–Crippen LogP) is 1.32. The fourth-order valence-corrected chi connectivity index (χ4v) is 4.73. The Morgan fingerprint density at radius 1 is 1.26 bits per heavy atom. The molecule has 1 aliphatic rings. The van der Waals surface area contributed by atoms with Crippen LogP contribution in [0.5, 0.6) is 0 Å². The van der Waals surface area contributed by atoms with Gasteiger partial charge in [-0.15, -0.1) is 0 Å². The molecule has 3 atom stereocenters. The maximum Gasteiger partial charge on any atom is 0.155 e.